The van der Waals surface area contributed by atoms with Gasteiger partial charge in [0.25, 0.3) is 0 Å². The van der Waals surface area contributed by atoms with Gasteiger partial charge in [-0.2, -0.15) is 0 Å². The smallest absolute Gasteiger partial charge is 0.130 e. The van der Waals surface area contributed by atoms with Crippen LogP contribution >= 0.6 is 0 Å². The number of hydrogen-bond donors (Lipinski definition) is 1. The fourth-order valence-corrected chi connectivity index (χ4v) is 1.40. The van der Waals surface area contributed by atoms with Crippen molar-refractivity contribution in [1.82, 2.24) is 15.3 Å². The second kappa shape index (κ2) is 4.31. The summed E-state index contributed by atoms with van der Waals surface area (Å²) < 4.78 is 12.9. The molecule has 0 spiro atoms. The lowest BCUT2D eigenvalue weighted by Gasteiger charge is -2.01. The molecule has 0 aliphatic carbocycles. The third kappa shape index (κ3) is 2.27. The molecule has 0 radical (unpaired) electrons. The maximum atomic E-state index is 12.9. The van der Waals surface area contributed by atoms with Crippen LogP contribution in [0.1, 0.15) is 5.82 Å². The Balaban J connectivity index is 2.34. The lowest BCUT2D eigenvalue weighted by Crippen LogP contribution is -2.12. The summed E-state index contributed by atoms with van der Waals surface area (Å²) in [5, 5.41) is 3.77. The summed E-state index contributed by atoms with van der Waals surface area (Å²) in [6.07, 6.45) is 2.44. The Morgan fingerprint density at radius 3 is 3.07 bits per heavy atom. The van der Waals surface area contributed by atoms with E-state index in [2.05, 4.69) is 15.3 Å². The molecular weight excluding hydrogens is 193 g/mol. The van der Waals surface area contributed by atoms with E-state index in [0.29, 0.717) is 0 Å². The summed E-state index contributed by atoms with van der Waals surface area (Å²) in [4.78, 5) is 8.50. The van der Waals surface area contributed by atoms with Crippen LogP contribution in [0.5, 0.6) is 0 Å². The van der Waals surface area contributed by atoms with Crippen molar-refractivity contribution in [3.8, 4) is 0 Å². The molecule has 3 nitrogen and oxygen atoms in total. The van der Waals surface area contributed by atoms with Crippen molar-refractivity contribution in [2.24, 2.45) is 0 Å². The Bertz CT molecular complexity index is 470. The first-order chi connectivity index (χ1) is 7.29. The zero-order chi connectivity index (χ0) is 10.7. The van der Waals surface area contributed by atoms with Crippen molar-refractivity contribution in [3.63, 3.8) is 0 Å². The second-order valence-electron chi connectivity index (χ2n) is 3.34. The van der Waals surface area contributed by atoms with Crippen LogP contribution in [0, 0.1) is 5.82 Å². The standard InChI is InChI=1S/C11H12FN3/c1-13-5-4-11-14-7-8-6-9(12)2-3-10(8)15-11/h2-3,6-7,13H,4-5H2,1H3. The molecule has 0 saturated heterocycles. The first-order valence-electron chi connectivity index (χ1n) is 4.85. The zero-order valence-corrected chi connectivity index (χ0v) is 8.50. The van der Waals surface area contributed by atoms with E-state index in [1.807, 2.05) is 7.05 Å². The van der Waals surface area contributed by atoms with Crippen molar-refractivity contribution in [1.29, 1.82) is 0 Å². The molecule has 0 amide bonds. The Morgan fingerprint density at radius 1 is 1.40 bits per heavy atom. The van der Waals surface area contributed by atoms with E-state index < -0.39 is 0 Å². The normalized spacial score (nSPS) is 10.8. The van der Waals surface area contributed by atoms with Gasteiger partial charge >= 0.3 is 0 Å². The molecule has 78 valence electrons. The highest BCUT2D eigenvalue weighted by molar-refractivity contribution is 5.77. The minimum absolute atomic E-state index is 0.255. The van der Waals surface area contributed by atoms with Crippen molar-refractivity contribution in [2.45, 2.75) is 6.42 Å². The Hall–Kier alpha value is -1.55. The minimum Gasteiger partial charge on any atom is -0.319 e. The van der Waals surface area contributed by atoms with Gasteiger partial charge in [0.15, 0.2) is 0 Å². The first-order valence-corrected chi connectivity index (χ1v) is 4.85. The molecule has 1 aromatic heterocycles. The second-order valence-corrected chi connectivity index (χ2v) is 3.34. The fourth-order valence-electron chi connectivity index (χ4n) is 1.40. The number of nitrogens with one attached hydrogen (secondary N) is 1. The van der Waals surface area contributed by atoms with Crippen molar-refractivity contribution < 1.29 is 4.39 Å². The molecule has 0 bridgehead atoms. The van der Waals surface area contributed by atoms with Crippen LogP contribution in [0.25, 0.3) is 10.9 Å². The van der Waals surface area contributed by atoms with E-state index in [0.717, 1.165) is 29.7 Å². The van der Waals surface area contributed by atoms with Gasteiger partial charge in [-0.15, -0.1) is 0 Å². The van der Waals surface area contributed by atoms with E-state index in [1.54, 1.807) is 12.3 Å². The largest absolute Gasteiger partial charge is 0.319 e. The van der Waals surface area contributed by atoms with Gasteiger partial charge in [0.1, 0.15) is 11.6 Å². The van der Waals surface area contributed by atoms with Crippen LogP contribution in [0.3, 0.4) is 0 Å². The molecule has 0 aliphatic heterocycles. The maximum absolute atomic E-state index is 12.9. The van der Waals surface area contributed by atoms with Crippen LogP contribution in [-0.4, -0.2) is 23.6 Å². The monoisotopic (exact) mass is 205 g/mol. The van der Waals surface area contributed by atoms with Gasteiger partial charge in [-0.05, 0) is 25.2 Å². The fraction of sp³-hybridized carbons (Fsp3) is 0.273. The molecule has 0 aliphatic rings. The highest BCUT2D eigenvalue weighted by Gasteiger charge is 2.00. The molecule has 1 aromatic carbocycles. The number of aromatic nitrogens is 2. The van der Waals surface area contributed by atoms with E-state index >= 15 is 0 Å². The highest BCUT2D eigenvalue weighted by atomic mass is 19.1. The Kier molecular flexibility index (Phi) is 2.87. The highest BCUT2D eigenvalue weighted by Crippen LogP contribution is 2.12. The van der Waals surface area contributed by atoms with Crippen LogP contribution in [-0.2, 0) is 6.42 Å². The summed E-state index contributed by atoms with van der Waals surface area (Å²) in [6, 6.07) is 4.53. The van der Waals surface area contributed by atoms with Crippen molar-refractivity contribution in [3.05, 3.63) is 36.0 Å². The van der Waals surface area contributed by atoms with Crippen LogP contribution in [0.2, 0.25) is 0 Å². The molecule has 0 unspecified atom stereocenters. The molecule has 0 atom stereocenters. The Morgan fingerprint density at radius 2 is 2.27 bits per heavy atom. The van der Waals surface area contributed by atoms with Gasteiger partial charge in [0.2, 0.25) is 0 Å². The summed E-state index contributed by atoms with van der Waals surface area (Å²) in [6.45, 7) is 0.840. The van der Waals surface area contributed by atoms with Gasteiger partial charge in [-0.3, -0.25) is 0 Å². The lowest BCUT2D eigenvalue weighted by molar-refractivity contribution is 0.629. The third-order valence-electron chi connectivity index (χ3n) is 2.19. The number of nitrogens with zero attached hydrogens (tertiary/aromatic N) is 2. The molecule has 4 heteroatoms. The van der Waals surface area contributed by atoms with Gasteiger partial charge < -0.3 is 5.32 Å². The average molecular weight is 205 g/mol. The van der Waals surface area contributed by atoms with Crippen LogP contribution in [0.4, 0.5) is 4.39 Å². The summed E-state index contributed by atoms with van der Waals surface area (Å²) in [5.41, 5.74) is 0.789. The van der Waals surface area contributed by atoms with Gasteiger partial charge in [0.05, 0.1) is 5.52 Å². The number of fused-ring (bicyclic) bond motifs is 1. The predicted molar refractivity (Wildman–Crippen MR) is 57.1 cm³/mol. The quantitative estimate of drug-likeness (QED) is 0.825. The van der Waals surface area contributed by atoms with Crippen molar-refractivity contribution >= 4 is 10.9 Å². The van der Waals surface area contributed by atoms with E-state index in [1.165, 1.54) is 12.1 Å². The topological polar surface area (TPSA) is 37.8 Å². The van der Waals surface area contributed by atoms with Crippen molar-refractivity contribution in [2.75, 3.05) is 13.6 Å². The molecule has 15 heavy (non-hydrogen) atoms. The SMILES string of the molecule is CNCCc1ncc2cc(F)ccc2n1. The summed E-state index contributed by atoms with van der Waals surface area (Å²) in [7, 11) is 1.89. The molecule has 1 heterocycles. The zero-order valence-electron chi connectivity index (χ0n) is 8.50. The van der Waals surface area contributed by atoms with Gasteiger partial charge in [-0.25, -0.2) is 14.4 Å². The van der Waals surface area contributed by atoms with E-state index in [9.17, 15) is 4.39 Å². The molecule has 0 saturated carbocycles. The predicted octanol–water partition coefficient (Wildman–Crippen LogP) is 1.53. The maximum Gasteiger partial charge on any atom is 0.130 e. The minimum atomic E-state index is -0.255. The molecule has 2 aromatic rings. The van der Waals surface area contributed by atoms with E-state index in [4.69, 9.17) is 0 Å². The Labute approximate surface area is 87.4 Å². The molecule has 0 fully saturated rings. The average Bonchev–Trinajstić information content (AvgIpc) is 2.26. The van der Waals surface area contributed by atoms with Gasteiger partial charge in [-0.1, -0.05) is 0 Å². The van der Waals surface area contributed by atoms with Crippen LogP contribution in [0.15, 0.2) is 24.4 Å². The molecule has 2 rings (SSSR count). The first kappa shape index (κ1) is 9.98. The number of rotatable bonds is 3. The number of benzene rings is 1. The number of hydrogen-bond acceptors (Lipinski definition) is 3. The lowest BCUT2D eigenvalue weighted by atomic mass is 10.2. The number of likely N-dealkylation sites (N-methyl/N-ethyl adjacent to an activating group) is 1. The summed E-state index contributed by atoms with van der Waals surface area (Å²) >= 11 is 0. The molecule has 1 N–H and O–H groups in total. The van der Waals surface area contributed by atoms with E-state index in [-0.39, 0.29) is 5.82 Å². The summed E-state index contributed by atoms with van der Waals surface area (Å²) in [5.74, 6) is 0.525. The molecular formula is C11H12FN3. The third-order valence-corrected chi connectivity index (χ3v) is 2.19. The number of halogens is 1. The van der Waals surface area contributed by atoms with Crippen LogP contribution < -0.4 is 5.32 Å². The van der Waals surface area contributed by atoms with Gasteiger partial charge in [0, 0.05) is 24.5 Å².